The number of carbonyl (C=O) groups excluding carboxylic acids is 1. The van der Waals surface area contributed by atoms with Gasteiger partial charge >= 0.3 is 0 Å². The third-order valence-corrected chi connectivity index (χ3v) is 2.60. The number of nitrogens with one attached hydrogen (secondary N) is 1. The highest BCUT2D eigenvalue weighted by atomic mass is 19.1. The number of nitro benzene ring substituents is 1. The van der Waals surface area contributed by atoms with Gasteiger partial charge in [-0.2, -0.15) is 0 Å². The second-order valence-electron chi connectivity index (χ2n) is 4.22. The number of nitro groups is 1. The van der Waals surface area contributed by atoms with Crippen LogP contribution < -0.4 is 10.1 Å². The maximum absolute atomic E-state index is 13.3. The van der Waals surface area contributed by atoms with Crippen LogP contribution in [0.1, 0.15) is 0 Å². The molecule has 2 rings (SSSR count). The Morgan fingerprint density at radius 3 is 2.68 bits per heavy atom. The summed E-state index contributed by atoms with van der Waals surface area (Å²) >= 11 is 0. The van der Waals surface area contributed by atoms with Crippen LogP contribution in [-0.2, 0) is 4.79 Å². The number of anilines is 1. The van der Waals surface area contributed by atoms with Gasteiger partial charge in [0.2, 0.25) is 0 Å². The number of non-ortho nitro benzene ring substituents is 1. The minimum atomic E-state index is -0.913. The van der Waals surface area contributed by atoms with Crippen LogP contribution in [0, 0.1) is 21.7 Å². The maximum atomic E-state index is 13.3. The molecule has 0 radical (unpaired) electrons. The van der Waals surface area contributed by atoms with Gasteiger partial charge in [0.25, 0.3) is 11.6 Å². The summed E-state index contributed by atoms with van der Waals surface area (Å²) in [5, 5.41) is 12.8. The lowest BCUT2D eigenvalue weighted by molar-refractivity contribution is -0.384. The normalized spacial score (nSPS) is 10.1. The zero-order valence-corrected chi connectivity index (χ0v) is 11.1. The molecule has 0 atom stereocenters. The number of rotatable bonds is 5. The maximum Gasteiger partial charge on any atom is 0.273 e. The molecule has 0 heterocycles. The van der Waals surface area contributed by atoms with E-state index >= 15 is 0 Å². The van der Waals surface area contributed by atoms with Crippen molar-refractivity contribution in [3.63, 3.8) is 0 Å². The number of benzene rings is 2. The molecular formula is C14H10F2N2O4. The van der Waals surface area contributed by atoms with Gasteiger partial charge in [-0.15, -0.1) is 0 Å². The average Bonchev–Trinajstić information content (AvgIpc) is 2.48. The highest BCUT2D eigenvalue weighted by molar-refractivity contribution is 5.91. The minimum Gasteiger partial charge on any atom is -0.484 e. The summed E-state index contributed by atoms with van der Waals surface area (Å²) in [7, 11) is 0. The number of amides is 1. The van der Waals surface area contributed by atoms with E-state index in [1.807, 2.05) is 0 Å². The zero-order valence-electron chi connectivity index (χ0n) is 11.1. The van der Waals surface area contributed by atoms with E-state index in [1.165, 1.54) is 18.2 Å². The lowest BCUT2D eigenvalue weighted by atomic mass is 10.3. The third-order valence-electron chi connectivity index (χ3n) is 2.60. The van der Waals surface area contributed by atoms with E-state index in [-0.39, 0.29) is 17.1 Å². The topological polar surface area (TPSA) is 81.5 Å². The minimum absolute atomic E-state index is 0.129. The van der Waals surface area contributed by atoms with E-state index in [2.05, 4.69) is 5.32 Å². The first kappa shape index (κ1) is 15.4. The number of ether oxygens (including phenoxy) is 1. The van der Waals surface area contributed by atoms with Gasteiger partial charge in [-0.25, -0.2) is 8.78 Å². The Bertz CT molecular complexity index is 722. The van der Waals surface area contributed by atoms with Crippen molar-refractivity contribution in [2.75, 3.05) is 11.9 Å². The Morgan fingerprint density at radius 1 is 1.23 bits per heavy atom. The summed E-state index contributed by atoms with van der Waals surface area (Å²) < 4.78 is 31.2. The summed E-state index contributed by atoms with van der Waals surface area (Å²) in [5.74, 6) is -2.23. The molecule has 114 valence electrons. The zero-order chi connectivity index (χ0) is 16.1. The van der Waals surface area contributed by atoms with Crippen LogP contribution >= 0.6 is 0 Å². The van der Waals surface area contributed by atoms with E-state index in [0.29, 0.717) is 6.07 Å². The van der Waals surface area contributed by atoms with Gasteiger partial charge in [-0.05, 0) is 18.2 Å². The van der Waals surface area contributed by atoms with Crippen LogP contribution in [0.4, 0.5) is 20.2 Å². The Kier molecular flexibility index (Phi) is 4.62. The Morgan fingerprint density at radius 2 is 2.00 bits per heavy atom. The third kappa shape index (κ3) is 3.98. The van der Waals surface area contributed by atoms with Gasteiger partial charge in [0, 0.05) is 12.1 Å². The second-order valence-corrected chi connectivity index (χ2v) is 4.22. The standard InChI is InChI=1S/C14H10F2N2O4/c15-9-4-5-13(12(16)6-9)17-14(19)8-22-11-3-1-2-10(7-11)18(20)21/h1-7H,8H2,(H,17,19). The number of halogens is 2. The fraction of sp³-hybridized carbons (Fsp3) is 0.0714. The molecule has 0 aliphatic rings. The first-order valence-corrected chi connectivity index (χ1v) is 6.08. The average molecular weight is 308 g/mol. The second kappa shape index (κ2) is 6.61. The fourth-order valence-corrected chi connectivity index (χ4v) is 1.61. The molecule has 0 unspecified atom stereocenters. The predicted molar refractivity (Wildman–Crippen MR) is 73.6 cm³/mol. The molecule has 1 N–H and O–H groups in total. The quantitative estimate of drug-likeness (QED) is 0.680. The van der Waals surface area contributed by atoms with Gasteiger partial charge in [-0.1, -0.05) is 6.07 Å². The molecule has 0 fully saturated rings. The predicted octanol–water partition coefficient (Wildman–Crippen LogP) is 2.89. The molecule has 8 heteroatoms. The Labute approximate surface area is 123 Å². The van der Waals surface area contributed by atoms with Gasteiger partial charge < -0.3 is 10.1 Å². The van der Waals surface area contributed by atoms with Crippen molar-refractivity contribution in [1.82, 2.24) is 0 Å². The highest BCUT2D eigenvalue weighted by Gasteiger charge is 2.10. The monoisotopic (exact) mass is 308 g/mol. The first-order chi connectivity index (χ1) is 10.5. The van der Waals surface area contributed by atoms with Crippen molar-refractivity contribution in [1.29, 1.82) is 0 Å². The molecule has 2 aromatic rings. The molecule has 0 saturated carbocycles. The SMILES string of the molecule is O=C(COc1cccc([N+](=O)[O-])c1)Nc1ccc(F)cc1F. The van der Waals surface area contributed by atoms with Crippen molar-refractivity contribution in [2.24, 2.45) is 0 Å². The van der Waals surface area contributed by atoms with Crippen molar-refractivity contribution in [3.8, 4) is 5.75 Å². The molecule has 0 aliphatic carbocycles. The molecular weight excluding hydrogens is 298 g/mol. The van der Waals surface area contributed by atoms with Gasteiger partial charge in [0.15, 0.2) is 6.61 Å². The van der Waals surface area contributed by atoms with Crippen molar-refractivity contribution < 1.29 is 23.2 Å². The molecule has 0 spiro atoms. The van der Waals surface area contributed by atoms with Crippen LogP contribution in [0.5, 0.6) is 5.75 Å². The Balaban J connectivity index is 1.95. The number of nitrogens with zero attached hydrogens (tertiary/aromatic N) is 1. The molecule has 2 aromatic carbocycles. The number of carbonyl (C=O) groups is 1. The summed E-state index contributed by atoms with van der Waals surface area (Å²) in [4.78, 5) is 21.6. The van der Waals surface area contributed by atoms with Crippen molar-refractivity contribution >= 4 is 17.3 Å². The highest BCUT2D eigenvalue weighted by Crippen LogP contribution is 2.19. The van der Waals surface area contributed by atoms with Gasteiger partial charge in [0.05, 0.1) is 16.7 Å². The van der Waals surface area contributed by atoms with Crippen LogP contribution in [0.3, 0.4) is 0 Å². The van der Waals surface area contributed by atoms with Gasteiger partial charge in [-0.3, -0.25) is 14.9 Å². The van der Waals surface area contributed by atoms with E-state index in [1.54, 1.807) is 0 Å². The van der Waals surface area contributed by atoms with Crippen LogP contribution in [-0.4, -0.2) is 17.4 Å². The summed E-state index contributed by atoms with van der Waals surface area (Å²) in [6.45, 7) is -0.474. The molecule has 1 amide bonds. The first-order valence-electron chi connectivity index (χ1n) is 6.08. The summed E-state index contributed by atoms with van der Waals surface area (Å²) in [6.07, 6.45) is 0. The van der Waals surface area contributed by atoms with Gasteiger partial charge in [0.1, 0.15) is 17.4 Å². The smallest absolute Gasteiger partial charge is 0.273 e. The summed E-state index contributed by atoms with van der Waals surface area (Å²) in [5.41, 5.74) is -0.364. The van der Waals surface area contributed by atoms with Crippen molar-refractivity contribution in [3.05, 3.63) is 64.2 Å². The van der Waals surface area contributed by atoms with Crippen LogP contribution in [0.2, 0.25) is 0 Å². The Hall–Kier alpha value is -3.03. The number of hydrogen-bond acceptors (Lipinski definition) is 4. The lowest BCUT2D eigenvalue weighted by Crippen LogP contribution is -2.20. The number of hydrogen-bond donors (Lipinski definition) is 1. The molecule has 0 saturated heterocycles. The van der Waals surface area contributed by atoms with Crippen molar-refractivity contribution in [2.45, 2.75) is 0 Å². The molecule has 0 aliphatic heterocycles. The molecule has 6 nitrogen and oxygen atoms in total. The van der Waals surface area contributed by atoms with Crippen LogP contribution in [0.25, 0.3) is 0 Å². The van der Waals surface area contributed by atoms with E-state index in [9.17, 15) is 23.7 Å². The summed E-state index contributed by atoms with van der Waals surface area (Å²) in [6, 6.07) is 8.00. The van der Waals surface area contributed by atoms with E-state index < -0.39 is 29.1 Å². The lowest BCUT2D eigenvalue weighted by Gasteiger charge is -2.08. The van der Waals surface area contributed by atoms with E-state index in [4.69, 9.17) is 4.74 Å². The largest absolute Gasteiger partial charge is 0.484 e. The van der Waals surface area contributed by atoms with Crippen LogP contribution in [0.15, 0.2) is 42.5 Å². The molecule has 0 aromatic heterocycles. The molecule has 0 bridgehead atoms. The fourth-order valence-electron chi connectivity index (χ4n) is 1.61. The van der Waals surface area contributed by atoms with E-state index in [0.717, 1.165) is 18.2 Å². The molecule has 22 heavy (non-hydrogen) atoms.